The molecule has 78 heavy (non-hydrogen) atoms. The first-order valence-electron chi connectivity index (χ1n) is 27.8. The van der Waals surface area contributed by atoms with Crippen LogP contribution in [0.1, 0.15) is 126 Å². The zero-order chi connectivity index (χ0) is 57.9. The summed E-state index contributed by atoms with van der Waals surface area (Å²) in [5.74, 6) is -7.23. The molecule has 0 saturated carbocycles. The number of urea groups is 1. The number of fused-ring (bicyclic) bond motifs is 2. The maximum Gasteiger partial charge on any atom is 0.329 e. The first-order valence-corrected chi connectivity index (χ1v) is 28.8. The largest absolute Gasteiger partial charge is 0.497 e. The van der Waals surface area contributed by atoms with Crippen LogP contribution in [0.2, 0.25) is 0 Å². The van der Waals surface area contributed by atoms with E-state index in [0.29, 0.717) is 29.9 Å². The molecule has 8 amide bonds. The summed E-state index contributed by atoms with van der Waals surface area (Å²) < 4.78 is 17.4. The van der Waals surface area contributed by atoms with E-state index in [1.807, 2.05) is 41.5 Å². The minimum absolute atomic E-state index is 0.0242. The second-order valence-electron chi connectivity index (χ2n) is 22.8. The number of ketones is 1. The van der Waals surface area contributed by atoms with Gasteiger partial charge in [-0.25, -0.2) is 9.59 Å². The van der Waals surface area contributed by atoms with Crippen LogP contribution < -0.4 is 31.3 Å². The van der Waals surface area contributed by atoms with Crippen LogP contribution in [0.3, 0.4) is 0 Å². The Morgan fingerprint density at radius 2 is 1.55 bits per heavy atom. The van der Waals surface area contributed by atoms with Gasteiger partial charge in [0.2, 0.25) is 35.4 Å². The Morgan fingerprint density at radius 1 is 0.872 bits per heavy atom. The number of carbonyl (C=O) groups is 10. The molecule has 434 valence electrons. The van der Waals surface area contributed by atoms with Crippen LogP contribution in [0.15, 0.2) is 24.3 Å². The Hall–Kier alpha value is -5.93. The van der Waals surface area contributed by atoms with Crippen molar-refractivity contribution >= 4 is 71.0 Å². The molecule has 4 fully saturated rings. The third kappa shape index (κ3) is 16.1. The fourth-order valence-electron chi connectivity index (χ4n) is 10.6. The molecule has 3 unspecified atom stereocenters. The number of thioether (sulfide) groups is 1. The number of nitrogens with zero attached hydrogens (tertiary/aromatic N) is 3. The van der Waals surface area contributed by atoms with E-state index in [-0.39, 0.29) is 98.5 Å². The number of likely N-dealkylation sites (N-methyl/N-ethyl adjacent to an activating group) is 2. The molecule has 4 aliphatic heterocycles. The summed E-state index contributed by atoms with van der Waals surface area (Å²) in [6.07, 6.45) is -1.44. The van der Waals surface area contributed by atoms with Gasteiger partial charge in [0.15, 0.2) is 11.9 Å². The maximum atomic E-state index is 15.0. The van der Waals surface area contributed by atoms with E-state index in [1.165, 1.54) is 49.8 Å². The molecule has 4 heterocycles. The monoisotopic (exact) mass is 1110 g/mol. The molecular weight excluding hydrogens is 1020 g/mol. The van der Waals surface area contributed by atoms with Crippen LogP contribution in [0.5, 0.6) is 5.75 Å². The standard InChI is InChI=1S/C56H86N8O13S/c1-14-32(8)37-21-22-45(66)77-49(31(6)7)48(67)33(9)50(68)58-38(24-29(2)3)53(71)64-23-15-16-40(64)54(72)63(12)42(26-35-17-19-36(75-13)20-18-35)55(73)76-34(10)46(52(70)57-37)60-51(69)41(25-30(4)5)62(11)44(65)27-43-47-39(28-78-43)59-56(74)61-47/h17-20,29-34,37-43,46-47,49H,14-16,21-28H2,1-13H3,(H,57,70)(H,58,68)(H,60,69)(H2,59,61,74)/t32-,33-,34+,37-,38-,39?,40-,41+,42-,43?,46-,47?,49-/m0/s1. The molecule has 4 saturated heterocycles. The molecule has 21 nitrogen and oxygen atoms in total. The van der Waals surface area contributed by atoms with Crippen LogP contribution in [0.4, 0.5) is 4.79 Å². The zero-order valence-corrected chi connectivity index (χ0v) is 48.7. The lowest BCUT2D eigenvalue weighted by atomic mass is 9.92. The fourth-order valence-corrected chi connectivity index (χ4v) is 12.0. The number of cyclic esters (lactones) is 2. The molecule has 5 rings (SSSR count). The molecule has 13 atom stereocenters. The van der Waals surface area contributed by atoms with Crippen LogP contribution in [-0.4, -0.2) is 173 Å². The van der Waals surface area contributed by atoms with Crippen LogP contribution in [0.25, 0.3) is 0 Å². The van der Waals surface area contributed by atoms with Gasteiger partial charge in [-0.15, -0.1) is 0 Å². The van der Waals surface area contributed by atoms with E-state index in [2.05, 4.69) is 26.6 Å². The Balaban J connectivity index is 1.57. The van der Waals surface area contributed by atoms with Crippen molar-refractivity contribution in [1.82, 2.24) is 41.3 Å². The predicted molar refractivity (Wildman–Crippen MR) is 292 cm³/mol. The average Bonchev–Trinajstić information content (AvgIpc) is 4.16. The number of methoxy groups -OCH3 is 1. The Labute approximate surface area is 464 Å². The van der Waals surface area contributed by atoms with Crippen molar-refractivity contribution in [3.05, 3.63) is 29.8 Å². The fraction of sp³-hybridized carbons (Fsp3) is 0.714. The maximum absolute atomic E-state index is 15.0. The predicted octanol–water partition coefficient (Wildman–Crippen LogP) is 3.53. The zero-order valence-electron chi connectivity index (χ0n) is 47.9. The van der Waals surface area contributed by atoms with E-state index < -0.39 is 108 Å². The van der Waals surface area contributed by atoms with E-state index in [0.717, 1.165) is 0 Å². The van der Waals surface area contributed by atoms with E-state index >= 15 is 0 Å². The number of carbonyl (C=O) groups excluding carboxylic acids is 10. The van der Waals surface area contributed by atoms with Gasteiger partial charge in [-0.2, -0.15) is 11.8 Å². The summed E-state index contributed by atoms with van der Waals surface area (Å²) in [6, 6.07) is -0.784. The minimum atomic E-state index is -1.59. The van der Waals surface area contributed by atoms with Crippen molar-refractivity contribution in [2.75, 3.05) is 33.5 Å². The number of benzene rings is 1. The molecule has 1 aromatic carbocycles. The molecule has 0 aromatic heterocycles. The van der Waals surface area contributed by atoms with Crippen LogP contribution in [-0.2, 0) is 59.0 Å². The number of rotatable bonds is 15. The van der Waals surface area contributed by atoms with Gasteiger partial charge >= 0.3 is 18.0 Å². The highest BCUT2D eigenvalue weighted by Gasteiger charge is 2.47. The van der Waals surface area contributed by atoms with Gasteiger partial charge in [-0.1, -0.05) is 73.9 Å². The van der Waals surface area contributed by atoms with Crippen molar-refractivity contribution in [2.24, 2.45) is 29.6 Å². The molecule has 0 radical (unpaired) electrons. The highest BCUT2D eigenvalue weighted by atomic mass is 32.2. The summed E-state index contributed by atoms with van der Waals surface area (Å²) in [4.78, 5) is 146. The third-order valence-electron chi connectivity index (χ3n) is 15.6. The molecule has 22 heteroatoms. The topological polar surface area (TPSA) is 268 Å². The molecule has 0 spiro atoms. The average molecular weight is 1110 g/mol. The lowest BCUT2D eigenvalue weighted by Gasteiger charge is -2.35. The SMILES string of the molecule is CC[C@H](C)[C@@H]1CCC(=O)O[C@@H](C(C)C)C(=O)[C@H](C)C(=O)N[C@@H](CC(C)C)C(=O)N2CCC[C@H]2C(=O)N(C)[C@@H](Cc2ccc(OC)cc2)C(=O)O[C@H](C)[C@H](NC(=O)[C@@H](CC(C)C)N(C)C(=O)CC2SCC3NC(=O)NC32)C(=O)N1. The molecule has 0 bridgehead atoms. The second kappa shape index (κ2) is 28.3. The normalized spacial score (nSPS) is 28.9. The summed E-state index contributed by atoms with van der Waals surface area (Å²) >= 11 is 1.55. The summed E-state index contributed by atoms with van der Waals surface area (Å²) in [5, 5.41) is 14.2. The number of Topliss-reactive ketones (excluding diaryl/α,β-unsaturated/α-hetero) is 1. The molecule has 1 aromatic rings. The number of nitrogens with one attached hydrogen (secondary N) is 5. The summed E-state index contributed by atoms with van der Waals surface area (Å²) in [7, 11) is 4.47. The Bertz CT molecular complexity index is 2330. The minimum Gasteiger partial charge on any atom is -0.497 e. The third-order valence-corrected chi connectivity index (χ3v) is 17.1. The summed E-state index contributed by atoms with van der Waals surface area (Å²) in [6.45, 7) is 17.7. The number of hydrogen-bond acceptors (Lipinski definition) is 14. The van der Waals surface area contributed by atoms with Crippen molar-refractivity contribution in [1.29, 1.82) is 0 Å². The van der Waals surface area contributed by atoms with Gasteiger partial charge in [-0.3, -0.25) is 38.4 Å². The van der Waals surface area contributed by atoms with Gasteiger partial charge in [-0.05, 0) is 87.3 Å². The van der Waals surface area contributed by atoms with E-state index in [1.54, 1.807) is 49.9 Å². The molecular formula is C56H86N8O13S. The van der Waals surface area contributed by atoms with Crippen LogP contribution in [0, 0.1) is 29.6 Å². The Kier molecular flexibility index (Phi) is 22.8. The van der Waals surface area contributed by atoms with Crippen LogP contribution >= 0.6 is 11.8 Å². The number of hydrogen-bond donors (Lipinski definition) is 5. The van der Waals surface area contributed by atoms with E-state index in [4.69, 9.17) is 14.2 Å². The number of amides is 8. The van der Waals surface area contributed by atoms with Crippen molar-refractivity contribution < 1.29 is 62.2 Å². The van der Waals surface area contributed by atoms with Crippen molar-refractivity contribution in [2.45, 2.75) is 193 Å². The second-order valence-corrected chi connectivity index (χ2v) is 24.1. The smallest absolute Gasteiger partial charge is 0.329 e. The van der Waals surface area contributed by atoms with Gasteiger partial charge in [0.25, 0.3) is 0 Å². The quantitative estimate of drug-likeness (QED) is 0.0956. The first kappa shape index (κ1) is 62.9. The highest BCUT2D eigenvalue weighted by Crippen LogP contribution is 2.33. The van der Waals surface area contributed by atoms with Gasteiger partial charge in [0.05, 0.1) is 25.1 Å². The highest BCUT2D eigenvalue weighted by molar-refractivity contribution is 8.00. The molecule has 4 aliphatic rings. The van der Waals surface area contributed by atoms with Gasteiger partial charge in [0, 0.05) is 56.9 Å². The molecule has 0 aliphatic carbocycles. The summed E-state index contributed by atoms with van der Waals surface area (Å²) in [5.41, 5.74) is 0.615. The lowest BCUT2D eigenvalue weighted by Crippen LogP contribution is -2.60. The van der Waals surface area contributed by atoms with Crippen molar-refractivity contribution in [3.63, 3.8) is 0 Å². The molecule has 5 N–H and O–H groups in total. The van der Waals surface area contributed by atoms with E-state index in [9.17, 15) is 47.9 Å². The van der Waals surface area contributed by atoms with Crippen molar-refractivity contribution in [3.8, 4) is 5.75 Å². The van der Waals surface area contributed by atoms with Gasteiger partial charge < -0.3 is 55.5 Å². The number of ether oxygens (including phenoxy) is 3. The van der Waals surface area contributed by atoms with Gasteiger partial charge in [0.1, 0.15) is 42.1 Å². The number of esters is 2. The first-order chi connectivity index (χ1) is 36.8. The lowest BCUT2D eigenvalue weighted by molar-refractivity contribution is -0.162. The Morgan fingerprint density at radius 3 is 2.17 bits per heavy atom.